The molecule has 0 aliphatic carbocycles. The fraction of sp³-hybridized carbons (Fsp3) is 0.421. The molecule has 158 valence electrons. The Hall–Kier alpha value is -2.55. The van der Waals surface area contributed by atoms with Crippen molar-refractivity contribution in [3.05, 3.63) is 53.1 Å². The average Bonchev–Trinajstić information content (AvgIpc) is 3.04. The number of halogens is 4. The SMILES string of the molecule is CC(C)C(NC(=O)c1ccc(Cl)cc1)C(=O)N(C)Cc1nccn1CC(F)(F)F. The van der Waals surface area contributed by atoms with E-state index in [-0.39, 0.29) is 18.3 Å². The summed E-state index contributed by atoms with van der Waals surface area (Å²) < 4.78 is 39.0. The van der Waals surface area contributed by atoms with Gasteiger partial charge in [0.25, 0.3) is 5.91 Å². The van der Waals surface area contributed by atoms with Gasteiger partial charge in [0.1, 0.15) is 18.4 Å². The maximum Gasteiger partial charge on any atom is 0.406 e. The number of rotatable bonds is 7. The summed E-state index contributed by atoms with van der Waals surface area (Å²) in [6.45, 7) is 2.22. The highest BCUT2D eigenvalue weighted by atomic mass is 35.5. The number of carbonyl (C=O) groups is 2. The molecule has 2 amide bonds. The standard InChI is InChI=1S/C19H22ClF3N4O2/c1-12(2)16(25-17(28)13-4-6-14(20)7-5-13)18(29)26(3)10-15-24-8-9-27(15)11-19(21,22)23/h4-9,12,16H,10-11H2,1-3H3,(H,25,28). The maximum atomic E-state index is 12.9. The van der Waals surface area contributed by atoms with Gasteiger partial charge in [-0.1, -0.05) is 25.4 Å². The third-order valence-electron chi connectivity index (χ3n) is 4.23. The molecule has 0 radical (unpaired) electrons. The molecule has 2 aromatic rings. The minimum Gasteiger partial charge on any atom is -0.340 e. The zero-order valence-corrected chi connectivity index (χ0v) is 17.0. The zero-order valence-electron chi connectivity index (χ0n) is 16.2. The highest BCUT2D eigenvalue weighted by Crippen LogP contribution is 2.19. The summed E-state index contributed by atoms with van der Waals surface area (Å²) in [5.41, 5.74) is 0.344. The topological polar surface area (TPSA) is 67.2 Å². The highest BCUT2D eigenvalue weighted by Gasteiger charge is 2.31. The van der Waals surface area contributed by atoms with Crippen molar-refractivity contribution in [1.82, 2.24) is 19.8 Å². The molecule has 0 saturated carbocycles. The Bertz CT molecular complexity index is 850. The number of benzene rings is 1. The predicted molar refractivity (Wildman–Crippen MR) is 102 cm³/mol. The number of hydrogen-bond acceptors (Lipinski definition) is 3. The molecule has 2 rings (SSSR count). The minimum absolute atomic E-state index is 0.102. The van der Waals surface area contributed by atoms with Crippen molar-refractivity contribution in [2.24, 2.45) is 5.92 Å². The zero-order chi connectivity index (χ0) is 21.8. The summed E-state index contributed by atoms with van der Waals surface area (Å²) >= 11 is 5.81. The van der Waals surface area contributed by atoms with Crippen LogP contribution in [0.1, 0.15) is 30.0 Å². The highest BCUT2D eigenvalue weighted by molar-refractivity contribution is 6.30. The fourth-order valence-corrected chi connectivity index (χ4v) is 2.82. The normalized spacial score (nSPS) is 12.7. The lowest BCUT2D eigenvalue weighted by molar-refractivity contribution is -0.141. The Kier molecular flexibility index (Phi) is 7.29. The smallest absolute Gasteiger partial charge is 0.340 e. The number of alkyl halides is 3. The first kappa shape index (κ1) is 22.7. The van der Waals surface area contributed by atoms with Crippen LogP contribution < -0.4 is 5.32 Å². The molecule has 1 heterocycles. The molecule has 0 aliphatic heterocycles. The number of hydrogen-bond donors (Lipinski definition) is 1. The monoisotopic (exact) mass is 430 g/mol. The van der Waals surface area contributed by atoms with Crippen LogP contribution >= 0.6 is 11.6 Å². The first-order chi connectivity index (χ1) is 13.5. The van der Waals surface area contributed by atoms with E-state index in [2.05, 4.69) is 10.3 Å². The van der Waals surface area contributed by atoms with Crippen molar-refractivity contribution >= 4 is 23.4 Å². The first-order valence-corrected chi connectivity index (χ1v) is 9.24. The molecule has 0 bridgehead atoms. The van der Waals surface area contributed by atoms with E-state index in [1.807, 2.05) is 0 Å². The maximum absolute atomic E-state index is 12.9. The van der Waals surface area contributed by atoms with Gasteiger partial charge in [0, 0.05) is 30.0 Å². The molecule has 1 atom stereocenters. The van der Waals surface area contributed by atoms with E-state index < -0.39 is 30.6 Å². The molecule has 0 aliphatic rings. The van der Waals surface area contributed by atoms with Crippen LogP contribution in [0.15, 0.2) is 36.7 Å². The predicted octanol–water partition coefficient (Wildman–Crippen LogP) is 3.51. The molecule has 0 spiro atoms. The van der Waals surface area contributed by atoms with Gasteiger partial charge in [-0.15, -0.1) is 0 Å². The van der Waals surface area contributed by atoms with Crippen LogP contribution in [0.25, 0.3) is 0 Å². The number of carbonyl (C=O) groups excluding carboxylic acids is 2. The molecule has 0 fully saturated rings. The second-order valence-corrected chi connectivity index (χ2v) is 7.42. The van der Waals surface area contributed by atoms with Crippen LogP contribution in [-0.2, 0) is 17.9 Å². The fourth-order valence-electron chi connectivity index (χ4n) is 2.70. The molecule has 10 heteroatoms. The molecule has 1 aromatic heterocycles. The molecule has 6 nitrogen and oxygen atoms in total. The first-order valence-electron chi connectivity index (χ1n) is 8.86. The van der Waals surface area contributed by atoms with Gasteiger partial charge in [0.2, 0.25) is 5.91 Å². The van der Waals surface area contributed by atoms with E-state index in [1.165, 1.54) is 36.5 Å². The Morgan fingerprint density at radius 3 is 2.41 bits per heavy atom. The Morgan fingerprint density at radius 2 is 1.86 bits per heavy atom. The molecule has 29 heavy (non-hydrogen) atoms. The quantitative estimate of drug-likeness (QED) is 0.731. The minimum atomic E-state index is -4.40. The largest absolute Gasteiger partial charge is 0.406 e. The van der Waals surface area contributed by atoms with Crippen LogP contribution in [0.2, 0.25) is 5.02 Å². The molecule has 1 aromatic carbocycles. The summed E-state index contributed by atoms with van der Waals surface area (Å²) in [6.07, 6.45) is -1.93. The molecule has 1 N–H and O–H groups in total. The summed E-state index contributed by atoms with van der Waals surface area (Å²) in [4.78, 5) is 30.5. The van der Waals surface area contributed by atoms with E-state index in [9.17, 15) is 22.8 Å². The van der Waals surface area contributed by atoms with Gasteiger partial charge in [0.15, 0.2) is 0 Å². The third kappa shape index (κ3) is 6.49. The summed E-state index contributed by atoms with van der Waals surface area (Å²) in [6, 6.07) is 5.35. The van der Waals surface area contributed by atoms with E-state index in [1.54, 1.807) is 26.0 Å². The van der Waals surface area contributed by atoms with Gasteiger partial charge >= 0.3 is 6.18 Å². The molecular weight excluding hydrogens is 409 g/mol. The second kappa shape index (κ2) is 9.30. The van der Waals surface area contributed by atoms with Gasteiger partial charge in [-0.05, 0) is 30.2 Å². The van der Waals surface area contributed by atoms with Crippen molar-refractivity contribution in [2.75, 3.05) is 7.05 Å². The Morgan fingerprint density at radius 1 is 1.24 bits per heavy atom. The van der Waals surface area contributed by atoms with E-state index in [0.29, 0.717) is 10.6 Å². The number of amides is 2. The third-order valence-corrected chi connectivity index (χ3v) is 4.48. The van der Waals surface area contributed by atoms with Crippen molar-refractivity contribution in [3.8, 4) is 0 Å². The lowest BCUT2D eigenvalue weighted by atomic mass is 10.0. The van der Waals surface area contributed by atoms with Crippen LogP contribution in [0.3, 0.4) is 0 Å². The number of likely N-dealkylation sites (N-methyl/N-ethyl adjacent to an activating group) is 1. The molecule has 0 saturated heterocycles. The van der Waals surface area contributed by atoms with Crippen molar-refractivity contribution in [2.45, 2.75) is 39.2 Å². The number of aromatic nitrogens is 2. The van der Waals surface area contributed by atoms with Crippen LogP contribution in [0.5, 0.6) is 0 Å². The lowest BCUT2D eigenvalue weighted by Crippen LogP contribution is -2.50. The Labute approximate surface area is 171 Å². The van der Waals surface area contributed by atoms with Crippen molar-refractivity contribution in [3.63, 3.8) is 0 Å². The number of nitrogens with one attached hydrogen (secondary N) is 1. The second-order valence-electron chi connectivity index (χ2n) is 6.98. The number of nitrogens with zero attached hydrogens (tertiary/aromatic N) is 3. The van der Waals surface area contributed by atoms with Gasteiger partial charge in [-0.2, -0.15) is 13.2 Å². The van der Waals surface area contributed by atoms with E-state index in [4.69, 9.17) is 11.6 Å². The number of imidazole rings is 1. The van der Waals surface area contributed by atoms with Gasteiger partial charge < -0.3 is 14.8 Å². The van der Waals surface area contributed by atoms with Gasteiger partial charge in [-0.25, -0.2) is 4.98 Å². The lowest BCUT2D eigenvalue weighted by Gasteiger charge is -2.27. The van der Waals surface area contributed by atoms with Crippen LogP contribution in [-0.4, -0.2) is 45.5 Å². The van der Waals surface area contributed by atoms with Gasteiger partial charge in [0.05, 0.1) is 6.54 Å². The average molecular weight is 431 g/mol. The Balaban J connectivity index is 2.09. The van der Waals surface area contributed by atoms with E-state index in [0.717, 1.165) is 4.57 Å². The van der Waals surface area contributed by atoms with Crippen molar-refractivity contribution in [1.29, 1.82) is 0 Å². The summed E-state index contributed by atoms with van der Waals surface area (Å²) in [7, 11) is 1.46. The molecule has 1 unspecified atom stereocenters. The van der Waals surface area contributed by atoms with Crippen molar-refractivity contribution < 1.29 is 22.8 Å². The summed E-state index contributed by atoms with van der Waals surface area (Å²) in [5.74, 6) is -1.01. The van der Waals surface area contributed by atoms with E-state index >= 15 is 0 Å². The van der Waals surface area contributed by atoms with Crippen LogP contribution in [0, 0.1) is 5.92 Å². The summed E-state index contributed by atoms with van der Waals surface area (Å²) in [5, 5.41) is 3.16. The van der Waals surface area contributed by atoms with Crippen LogP contribution in [0.4, 0.5) is 13.2 Å². The van der Waals surface area contributed by atoms with Gasteiger partial charge in [-0.3, -0.25) is 9.59 Å². The molecular formula is C19H22ClF3N4O2.